The van der Waals surface area contributed by atoms with Crippen LogP contribution in [-0.2, 0) is 16.1 Å². The number of aliphatic carboxylic acids is 1. The Morgan fingerprint density at radius 3 is 2.35 bits per heavy atom. The molecule has 0 saturated heterocycles. The molecule has 0 saturated carbocycles. The van der Waals surface area contributed by atoms with Crippen LogP contribution in [0.5, 0.6) is 0 Å². The molecule has 2 N–H and O–H groups in total. The third-order valence-corrected chi connectivity index (χ3v) is 3.07. The average Bonchev–Trinajstić information content (AvgIpc) is 2.50. The molecule has 0 bridgehead atoms. The standard InChI is InChI=1S/C15H12N2O6/c18-11(6-12(19)14(21)22)10-8-17(15(23)16-13(10)20)7-9-4-2-1-3-5-9/h1-5,8H,6-7H2,(H,21,22)(H,16,20,23). The van der Waals surface area contributed by atoms with Crippen LogP contribution in [0.2, 0.25) is 0 Å². The maximum Gasteiger partial charge on any atom is 0.372 e. The van der Waals surface area contributed by atoms with Gasteiger partial charge in [-0.2, -0.15) is 0 Å². The van der Waals surface area contributed by atoms with Crippen LogP contribution in [-0.4, -0.2) is 32.2 Å². The summed E-state index contributed by atoms with van der Waals surface area (Å²) >= 11 is 0. The molecule has 8 nitrogen and oxygen atoms in total. The molecule has 0 radical (unpaired) electrons. The number of benzene rings is 1. The van der Waals surface area contributed by atoms with Gasteiger partial charge in [0.05, 0.1) is 18.5 Å². The Labute approximate surface area is 129 Å². The molecule has 0 unspecified atom stereocenters. The summed E-state index contributed by atoms with van der Waals surface area (Å²) in [6, 6.07) is 8.85. The quantitative estimate of drug-likeness (QED) is 0.432. The molecule has 2 aromatic rings. The monoisotopic (exact) mass is 316 g/mol. The molecule has 118 valence electrons. The average molecular weight is 316 g/mol. The van der Waals surface area contributed by atoms with Gasteiger partial charge in [-0.05, 0) is 5.56 Å². The zero-order valence-electron chi connectivity index (χ0n) is 11.8. The van der Waals surface area contributed by atoms with Crippen molar-refractivity contribution >= 4 is 17.5 Å². The van der Waals surface area contributed by atoms with E-state index in [4.69, 9.17) is 5.11 Å². The number of carbonyl (C=O) groups excluding carboxylic acids is 2. The summed E-state index contributed by atoms with van der Waals surface area (Å²) in [7, 11) is 0. The molecule has 0 spiro atoms. The van der Waals surface area contributed by atoms with Gasteiger partial charge >= 0.3 is 11.7 Å². The first kappa shape index (κ1) is 16.1. The van der Waals surface area contributed by atoms with Crippen LogP contribution in [0.3, 0.4) is 0 Å². The van der Waals surface area contributed by atoms with E-state index in [9.17, 15) is 24.0 Å². The van der Waals surface area contributed by atoms with Gasteiger partial charge in [0.15, 0.2) is 5.78 Å². The molecule has 1 heterocycles. The number of hydrogen-bond donors (Lipinski definition) is 2. The lowest BCUT2D eigenvalue weighted by Crippen LogP contribution is -2.34. The molecule has 8 heteroatoms. The first-order chi connectivity index (χ1) is 10.9. The lowest BCUT2D eigenvalue weighted by Gasteiger charge is -2.07. The van der Waals surface area contributed by atoms with Gasteiger partial charge in [0, 0.05) is 6.20 Å². The van der Waals surface area contributed by atoms with E-state index in [1.54, 1.807) is 30.3 Å². The van der Waals surface area contributed by atoms with Crippen molar-refractivity contribution in [3.05, 3.63) is 68.5 Å². The topological polar surface area (TPSA) is 126 Å². The molecule has 0 atom stereocenters. The largest absolute Gasteiger partial charge is 0.475 e. The lowest BCUT2D eigenvalue weighted by molar-refractivity contribution is -0.148. The molecular weight excluding hydrogens is 304 g/mol. The van der Waals surface area contributed by atoms with Gasteiger partial charge in [0.2, 0.25) is 5.78 Å². The minimum absolute atomic E-state index is 0.115. The summed E-state index contributed by atoms with van der Waals surface area (Å²) in [5.41, 5.74) is -1.33. The van der Waals surface area contributed by atoms with Crippen molar-refractivity contribution in [1.29, 1.82) is 0 Å². The second kappa shape index (κ2) is 6.65. The highest BCUT2D eigenvalue weighted by Crippen LogP contribution is 2.02. The van der Waals surface area contributed by atoms with Gasteiger partial charge in [-0.3, -0.25) is 23.9 Å². The fourth-order valence-corrected chi connectivity index (χ4v) is 1.92. The number of nitrogens with zero attached hydrogens (tertiary/aromatic N) is 1. The summed E-state index contributed by atoms with van der Waals surface area (Å²) in [5, 5.41) is 8.50. The molecule has 1 aromatic carbocycles. The number of ketones is 2. The highest BCUT2D eigenvalue weighted by Gasteiger charge is 2.21. The number of hydrogen-bond acceptors (Lipinski definition) is 5. The van der Waals surface area contributed by atoms with Crippen molar-refractivity contribution < 1.29 is 19.5 Å². The van der Waals surface area contributed by atoms with Crippen molar-refractivity contribution in [2.24, 2.45) is 0 Å². The Morgan fingerprint density at radius 2 is 1.74 bits per heavy atom. The Bertz CT molecular complexity index is 879. The van der Waals surface area contributed by atoms with Crippen molar-refractivity contribution in [2.45, 2.75) is 13.0 Å². The lowest BCUT2D eigenvalue weighted by atomic mass is 10.1. The number of carbonyl (C=O) groups is 3. The van der Waals surface area contributed by atoms with E-state index in [-0.39, 0.29) is 6.54 Å². The van der Waals surface area contributed by atoms with Crippen LogP contribution in [0.4, 0.5) is 0 Å². The van der Waals surface area contributed by atoms with Crippen LogP contribution < -0.4 is 11.2 Å². The molecule has 0 aliphatic heterocycles. The number of rotatable bonds is 6. The molecule has 0 amide bonds. The predicted molar refractivity (Wildman–Crippen MR) is 78.5 cm³/mol. The van der Waals surface area contributed by atoms with Crippen molar-refractivity contribution in [1.82, 2.24) is 9.55 Å². The van der Waals surface area contributed by atoms with Crippen molar-refractivity contribution in [2.75, 3.05) is 0 Å². The number of Topliss-reactive ketones (excluding diaryl/α,β-unsaturated/α-hetero) is 2. The fraction of sp³-hybridized carbons (Fsp3) is 0.133. The van der Waals surface area contributed by atoms with E-state index in [1.807, 2.05) is 4.98 Å². The summed E-state index contributed by atoms with van der Waals surface area (Å²) in [5.74, 6) is -4.04. The zero-order valence-corrected chi connectivity index (χ0v) is 11.8. The van der Waals surface area contributed by atoms with Crippen LogP contribution in [0.1, 0.15) is 22.3 Å². The molecule has 1 aromatic heterocycles. The predicted octanol–water partition coefficient (Wildman–Crippen LogP) is -0.189. The van der Waals surface area contributed by atoms with E-state index in [0.29, 0.717) is 0 Å². The van der Waals surface area contributed by atoms with Gasteiger partial charge in [-0.1, -0.05) is 30.3 Å². The van der Waals surface area contributed by atoms with E-state index in [1.165, 1.54) is 0 Å². The Morgan fingerprint density at radius 1 is 1.09 bits per heavy atom. The Balaban J connectivity index is 2.35. The van der Waals surface area contributed by atoms with Crippen LogP contribution in [0.15, 0.2) is 46.1 Å². The summed E-state index contributed by atoms with van der Waals surface area (Å²) in [6.07, 6.45) is 0.0909. The Kier molecular flexibility index (Phi) is 4.65. The summed E-state index contributed by atoms with van der Waals surface area (Å²) < 4.78 is 1.11. The number of nitrogens with one attached hydrogen (secondary N) is 1. The first-order valence-corrected chi connectivity index (χ1v) is 6.55. The second-order valence-corrected chi connectivity index (χ2v) is 4.74. The fourth-order valence-electron chi connectivity index (χ4n) is 1.92. The number of aromatic amines is 1. The minimum atomic E-state index is -1.76. The highest BCUT2D eigenvalue weighted by atomic mass is 16.4. The third-order valence-electron chi connectivity index (χ3n) is 3.07. The maximum absolute atomic E-state index is 11.9. The SMILES string of the molecule is O=C(O)C(=O)CC(=O)c1cn(Cc2ccccc2)c(=O)[nH]c1=O. The third kappa shape index (κ3) is 3.88. The van der Waals surface area contributed by atoms with E-state index < -0.39 is 40.8 Å². The number of carboxylic acid groups (broad SMARTS) is 1. The number of carboxylic acids is 1. The van der Waals surface area contributed by atoms with Crippen LogP contribution in [0.25, 0.3) is 0 Å². The molecular formula is C15H12N2O6. The molecule has 23 heavy (non-hydrogen) atoms. The maximum atomic E-state index is 11.9. The minimum Gasteiger partial charge on any atom is -0.475 e. The first-order valence-electron chi connectivity index (χ1n) is 6.55. The van der Waals surface area contributed by atoms with E-state index in [0.717, 1.165) is 16.3 Å². The smallest absolute Gasteiger partial charge is 0.372 e. The van der Waals surface area contributed by atoms with E-state index in [2.05, 4.69) is 0 Å². The van der Waals surface area contributed by atoms with Gasteiger partial charge in [-0.25, -0.2) is 9.59 Å². The van der Waals surface area contributed by atoms with Gasteiger partial charge in [0.25, 0.3) is 5.56 Å². The van der Waals surface area contributed by atoms with Gasteiger partial charge < -0.3 is 5.11 Å². The van der Waals surface area contributed by atoms with Crippen molar-refractivity contribution in [3.8, 4) is 0 Å². The zero-order chi connectivity index (χ0) is 17.0. The molecule has 0 aliphatic carbocycles. The van der Waals surface area contributed by atoms with E-state index >= 15 is 0 Å². The number of H-pyrrole nitrogens is 1. The molecule has 0 aliphatic rings. The Hall–Kier alpha value is -3.29. The summed E-state index contributed by atoms with van der Waals surface area (Å²) in [6.45, 7) is 0.115. The second-order valence-electron chi connectivity index (χ2n) is 4.74. The normalized spacial score (nSPS) is 10.3. The van der Waals surface area contributed by atoms with Crippen molar-refractivity contribution in [3.63, 3.8) is 0 Å². The molecule has 2 rings (SSSR count). The van der Waals surface area contributed by atoms with Gasteiger partial charge in [0.1, 0.15) is 0 Å². The number of aromatic nitrogens is 2. The van der Waals surface area contributed by atoms with Gasteiger partial charge in [-0.15, -0.1) is 0 Å². The summed E-state index contributed by atoms with van der Waals surface area (Å²) in [4.78, 5) is 58.9. The van der Waals surface area contributed by atoms with Crippen LogP contribution in [0, 0.1) is 0 Å². The van der Waals surface area contributed by atoms with Crippen LogP contribution >= 0.6 is 0 Å². The highest BCUT2D eigenvalue weighted by molar-refractivity contribution is 6.37. The molecule has 0 fully saturated rings.